The fourth-order valence-electron chi connectivity index (χ4n) is 5.14. The summed E-state index contributed by atoms with van der Waals surface area (Å²) in [7, 11) is 0. The molecule has 0 aliphatic carbocycles. The first-order valence-electron chi connectivity index (χ1n) is 15.9. The molecule has 2 aromatic heterocycles. The predicted octanol–water partition coefficient (Wildman–Crippen LogP) is 4.53. The van der Waals surface area contributed by atoms with Crippen LogP contribution >= 0.6 is 11.6 Å². The molecule has 1 amide bonds. The second kappa shape index (κ2) is 18.4. The Morgan fingerprint density at radius 1 is 1.06 bits per heavy atom. The third kappa shape index (κ3) is 10.1. The Hall–Kier alpha value is -4.89. The lowest BCUT2D eigenvalue weighted by Crippen LogP contribution is -2.43. The molecule has 4 aromatic rings. The van der Waals surface area contributed by atoms with Gasteiger partial charge in [-0.05, 0) is 67.0 Å². The maximum atomic E-state index is 13.8. The molecule has 1 unspecified atom stereocenters. The van der Waals surface area contributed by atoms with Gasteiger partial charge < -0.3 is 25.2 Å². The number of benzene rings is 2. The molecular formula is C32H40ClN9O6. The first-order chi connectivity index (χ1) is 23.3. The topological polar surface area (TPSA) is 206 Å². The van der Waals surface area contributed by atoms with Gasteiger partial charge >= 0.3 is 5.97 Å². The quantitative estimate of drug-likeness (QED) is 0.0511. The van der Waals surface area contributed by atoms with Crippen molar-refractivity contribution < 1.29 is 24.3 Å². The number of hydrogen-bond acceptors (Lipinski definition) is 11. The molecule has 0 aliphatic rings. The number of halogens is 1. The van der Waals surface area contributed by atoms with E-state index in [0.29, 0.717) is 63.3 Å². The summed E-state index contributed by atoms with van der Waals surface area (Å²) in [5.41, 5.74) is 9.46. The second-order valence-corrected chi connectivity index (χ2v) is 11.4. The number of H-pyrrole nitrogens is 1. The minimum absolute atomic E-state index is 0.0264. The molecule has 1 atom stereocenters. The number of rotatable bonds is 20. The lowest BCUT2D eigenvalue weighted by atomic mass is 9.98. The summed E-state index contributed by atoms with van der Waals surface area (Å²) < 4.78 is 7.19. The Kier molecular flexibility index (Phi) is 13.8. The van der Waals surface area contributed by atoms with E-state index in [9.17, 15) is 19.7 Å². The zero-order valence-electron chi connectivity index (χ0n) is 26.8. The molecule has 4 N–H and O–H groups in total. The van der Waals surface area contributed by atoms with Crippen molar-refractivity contribution in [1.82, 2.24) is 35.5 Å². The van der Waals surface area contributed by atoms with Gasteiger partial charge in [0, 0.05) is 18.5 Å². The van der Waals surface area contributed by atoms with Crippen molar-refractivity contribution in [2.75, 3.05) is 19.8 Å². The molecule has 2 aromatic carbocycles. The number of aryl methyl sites for hydroxylation is 1. The van der Waals surface area contributed by atoms with Crippen LogP contribution in [0.25, 0.3) is 22.5 Å². The van der Waals surface area contributed by atoms with E-state index in [1.807, 2.05) is 48.5 Å². The summed E-state index contributed by atoms with van der Waals surface area (Å²) >= 11 is 6.60. The molecule has 4 rings (SSSR count). The van der Waals surface area contributed by atoms with Gasteiger partial charge in [-0.15, -0.1) is 20.3 Å². The maximum absolute atomic E-state index is 13.8. The molecule has 0 saturated carbocycles. The Labute approximate surface area is 282 Å². The first-order valence-corrected chi connectivity index (χ1v) is 16.3. The summed E-state index contributed by atoms with van der Waals surface area (Å²) in [4.78, 5) is 46.0. The van der Waals surface area contributed by atoms with Crippen LogP contribution in [0.5, 0.6) is 0 Å². The van der Waals surface area contributed by atoms with E-state index in [2.05, 4.69) is 42.7 Å². The van der Waals surface area contributed by atoms with Crippen LogP contribution in [0, 0.1) is 10.1 Å². The molecular weight excluding hydrogens is 642 g/mol. The molecule has 16 heteroatoms. The van der Waals surface area contributed by atoms with Gasteiger partial charge in [0.25, 0.3) is 11.0 Å². The highest BCUT2D eigenvalue weighted by Crippen LogP contribution is 2.30. The molecule has 0 fully saturated rings. The number of nitrogens with two attached hydrogens (primary N) is 1. The van der Waals surface area contributed by atoms with Crippen molar-refractivity contribution in [3.63, 3.8) is 0 Å². The number of aromatic amines is 1. The highest BCUT2D eigenvalue weighted by molar-refractivity contribution is 6.32. The smallest absolute Gasteiger partial charge is 0.328 e. The molecule has 0 saturated heterocycles. The van der Waals surface area contributed by atoms with E-state index in [-0.39, 0.29) is 24.1 Å². The monoisotopic (exact) mass is 681 g/mol. The van der Waals surface area contributed by atoms with Gasteiger partial charge in [0.15, 0.2) is 5.15 Å². The lowest BCUT2D eigenvalue weighted by Gasteiger charge is -2.19. The van der Waals surface area contributed by atoms with E-state index in [1.54, 1.807) is 4.57 Å². The predicted molar refractivity (Wildman–Crippen MR) is 177 cm³/mol. The minimum atomic E-state index is -0.948. The number of unbranched alkanes of at least 4 members (excludes halogenated alkanes) is 3. The van der Waals surface area contributed by atoms with E-state index >= 15 is 0 Å². The van der Waals surface area contributed by atoms with Gasteiger partial charge in [-0.2, -0.15) is 5.21 Å². The van der Waals surface area contributed by atoms with Crippen LogP contribution in [0.3, 0.4) is 0 Å². The molecule has 256 valence electrons. The summed E-state index contributed by atoms with van der Waals surface area (Å²) in [5, 5.41) is 26.7. The summed E-state index contributed by atoms with van der Waals surface area (Å²) in [6, 6.07) is 14.8. The van der Waals surface area contributed by atoms with Crippen LogP contribution in [0.15, 0.2) is 48.5 Å². The van der Waals surface area contributed by atoms with Crippen molar-refractivity contribution in [3.8, 4) is 22.5 Å². The van der Waals surface area contributed by atoms with Crippen molar-refractivity contribution in [3.05, 3.63) is 80.9 Å². The first kappa shape index (κ1) is 36.0. The fourth-order valence-corrected chi connectivity index (χ4v) is 5.43. The normalized spacial score (nSPS) is 11.6. The van der Waals surface area contributed by atoms with Crippen molar-refractivity contribution in [2.24, 2.45) is 5.73 Å². The number of imidazole rings is 1. The van der Waals surface area contributed by atoms with Crippen molar-refractivity contribution in [1.29, 1.82) is 0 Å². The number of hydrogen-bond donors (Lipinski definition) is 3. The lowest BCUT2D eigenvalue weighted by molar-refractivity contribution is -0.757. The van der Waals surface area contributed by atoms with E-state index in [0.717, 1.165) is 35.1 Å². The summed E-state index contributed by atoms with van der Waals surface area (Å²) in [6.45, 7) is 2.76. The highest BCUT2D eigenvalue weighted by atomic mass is 35.5. The number of nitrogens with one attached hydrogen (secondary N) is 2. The van der Waals surface area contributed by atoms with Gasteiger partial charge in [0.05, 0.1) is 13.2 Å². The number of tetrazole rings is 1. The van der Waals surface area contributed by atoms with Gasteiger partial charge in [-0.1, -0.05) is 73.5 Å². The molecule has 0 radical (unpaired) electrons. The average molecular weight is 682 g/mol. The molecule has 0 spiro atoms. The third-order valence-electron chi connectivity index (χ3n) is 7.61. The molecule has 0 aliphatic heterocycles. The zero-order valence-corrected chi connectivity index (χ0v) is 27.5. The van der Waals surface area contributed by atoms with Crippen LogP contribution in [-0.2, 0) is 27.3 Å². The zero-order chi connectivity index (χ0) is 34.3. The van der Waals surface area contributed by atoms with Gasteiger partial charge in [-0.3, -0.25) is 4.79 Å². The van der Waals surface area contributed by atoms with E-state index in [4.69, 9.17) is 22.1 Å². The van der Waals surface area contributed by atoms with Crippen molar-refractivity contribution in [2.45, 2.75) is 70.9 Å². The van der Waals surface area contributed by atoms with Gasteiger partial charge in [-0.25, -0.2) is 9.78 Å². The Bertz CT molecular complexity index is 1630. The number of amides is 1. The maximum Gasteiger partial charge on any atom is 0.328 e. The molecule has 2 heterocycles. The van der Waals surface area contributed by atoms with E-state index < -0.39 is 23.0 Å². The standard InChI is InChI=1S/C32H40ClN9O6/c1-2-3-13-27-36-29(33)28(31(43)35-26(12-6-7-18-34)32(44)47-19-8-9-20-48-42(45)46)41(27)21-22-14-16-23(17-15-22)24-10-4-5-11-25(24)30-37-39-40-38-30/h4-5,10-11,14-17,26H,2-3,6-9,12-13,18-21,34H2,1H3,(H,35,43)(H,37,38,39,40). The number of esters is 1. The number of aromatic nitrogens is 6. The Morgan fingerprint density at radius 3 is 2.50 bits per heavy atom. The number of carbonyl (C=O) groups excluding carboxylic acids is 2. The van der Waals surface area contributed by atoms with Crippen LogP contribution < -0.4 is 11.1 Å². The van der Waals surface area contributed by atoms with E-state index in [1.165, 1.54) is 0 Å². The second-order valence-electron chi connectivity index (χ2n) is 11.1. The van der Waals surface area contributed by atoms with Crippen LogP contribution in [0.1, 0.15) is 73.7 Å². The summed E-state index contributed by atoms with van der Waals surface area (Å²) in [6.07, 6.45) is 4.64. The van der Waals surface area contributed by atoms with Gasteiger partial charge in [0.2, 0.25) is 5.82 Å². The number of carbonyl (C=O) groups is 2. The summed E-state index contributed by atoms with van der Waals surface area (Å²) in [5.74, 6) is -0.000158. The van der Waals surface area contributed by atoms with Gasteiger partial charge in [0.1, 0.15) is 17.6 Å². The highest BCUT2D eigenvalue weighted by Gasteiger charge is 2.28. The van der Waals surface area contributed by atoms with Crippen LogP contribution in [-0.4, -0.2) is 72.9 Å². The molecule has 0 bridgehead atoms. The van der Waals surface area contributed by atoms with Crippen molar-refractivity contribution >= 4 is 23.5 Å². The molecule has 15 nitrogen and oxygen atoms in total. The fraction of sp³-hybridized carbons (Fsp3) is 0.438. The minimum Gasteiger partial charge on any atom is -0.464 e. The number of nitrogens with zero attached hydrogens (tertiary/aromatic N) is 6. The third-order valence-corrected chi connectivity index (χ3v) is 7.87. The number of ether oxygens (including phenoxy) is 1. The largest absolute Gasteiger partial charge is 0.464 e. The van der Waals surface area contributed by atoms with Crippen LogP contribution in [0.2, 0.25) is 5.15 Å². The van der Waals surface area contributed by atoms with Crippen LogP contribution in [0.4, 0.5) is 0 Å². The SMILES string of the molecule is CCCCc1nc(Cl)c(C(=O)NC(CCCCN)C(=O)OCCCCO[N+](=O)[O-])n1Cc1ccc(-c2ccccc2-c2nn[nH]n2)cc1. The average Bonchev–Trinajstić information content (AvgIpc) is 3.73. The Balaban J connectivity index is 1.52. The molecule has 48 heavy (non-hydrogen) atoms. The Morgan fingerprint density at radius 2 is 1.81 bits per heavy atom.